The molecule has 0 aromatic heterocycles. The zero-order chi connectivity index (χ0) is 8.43. The summed E-state index contributed by atoms with van der Waals surface area (Å²) in [6.45, 7) is -0.0752. The summed E-state index contributed by atoms with van der Waals surface area (Å²) in [6.07, 6.45) is -2.89. The average molecular weight is 163 g/mol. The van der Waals surface area contributed by atoms with Crippen molar-refractivity contribution in [1.29, 1.82) is 0 Å². The molecule has 1 saturated heterocycles. The molecule has 5 N–H and O–H groups in total. The fraction of sp³-hybridized carbons (Fsp3) is 1.00. The van der Waals surface area contributed by atoms with Crippen LogP contribution in [0.4, 0.5) is 0 Å². The normalized spacial score (nSPS) is 44.7. The van der Waals surface area contributed by atoms with E-state index >= 15 is 0 Å². The minimum Gasteiger partial charge on any atom is -0.396 e. The number of aliphatic hydroxyl groups excluding tert-OH is 4. The summed E-state index contributed by atoms with van der Waals surface area (Å²) in [5.41, 5.74) is 0. The first kappa shape index (κ1) is 8.89. The van der Waals surface area contributed by atoms with Crippen LogP contribution in [-0.4, -0.2) is 51.5 Å². The van der Waals surface area contributed by atoms with E-state index < -0.39 is 24.5 Å². The first-order valence-corrected chi connectivity index (χ1v) is 3.58. The molecule has 1 aliphatic rings. The minimum atomic E-state index is -1.15. The van der Waals surface area contributed by atoms with Gasteiger partial charge in [0.25, 0.3) is 0 Å². The first-order chi connectivity index (χ1) is 5.16. The molecule has 0 spiro atoms. The predicted molar refractivity (Wildman–Crippen MR) is 36.6 cm³/mol. The molecule has 1 aliphatic heterocycles. The number of aliphatic hydroxyl groups is 4. The van der Waals surface area contributed by atoms with Crippen LogP contribution in [0.1, 0.15) is 6.42 Å². The fourth-order valence-electron chi connectivity index (χ4n) is 1.23. The van der Waals surface area contributed by atoms with E-state index in [0.29, 0.717) is 6.42 Å². The molecule has 11 heavy (non-hydrogen) atoms. The molecule has 1 heterocycles. The van der Waals surface area contributed by atoms with Gasteiger partial charge in [-0.05, 0) is 6.42 Å². The molecule has 0 saturated carbocycles. The van der Waals surface area contributed by atoms with Crippen LogP contribution in [0.25, 0.3) is 0 Å². The first-order valence-electron chi connectivity index (χ1n) is 3.58. The standard InChI is InChI=1S/C6H13NO4/c8-2-1-3-4(9)5(10)6(11)7-3/h3-11H,1-2H2/t3-,4-,5-,6?/m1/s1. The molecule has 5 nitrogen and oxygen atoms in total. The zero-order valence-electron chi connectivity index (χ0n) is 6.01. The van der Waals surface area contributed by atoms with Crippen LogP contribution in [0.5, 0.6) is 0 Å². The monoisotopic (exact) mass is 163 g/mol. The lowest BCUT2D eigenvalue weighted by Gasteiger charge is -2.13. The van der Waals surface area contributed by atoms with E-state index in [9.17, 15) is 5.11 Å². The third kappa shape index (κ3) is 1.69. The van der Waals surface area contributed by atoms with Crippen molar-refractivity contribution >= 4 is 0 Å². The zero-order valence-corrected chi connectivity index (χ0v) is 6.01. The van der Waals surface area contributed by atoms with Gasteiger partial charge < -0.3 is 20.4 Å². The lowest BCUT2D eigenvalue weighted by atomic mass is 10.1. The van der Waals surface area contributed by atoms with Gasteiger partial charge in [-0.15, -0.1) is 0 Å². The maximum absolute atomic E-state index is 9.18. The molecule has 5 heteroatoms. The van der Waals surface area contributed by atoms with Gasteiger partial charge in [0.2, 0.25) is 0 Å². The Kier molecular flexibility index (Phi) is 2.80. The highest BCUT2D eigenvalue weighted by Gasteiger charge is 2.39. The maximum atomic E-state index is 9.18. The van der Waals surface area contributed by atoms with Crippen LogP contribution in [0.3, 0.4) is 0 Å². The van der Waals surface area contributed by atoms with Crippen LogP contribution < -0.4 is 5.32 Å². The lowest BCUT2D eigenvalue weighted by molar-refractivity contribution is -0.0245. The van der Waals surface area contributed by atoms with E-state index in [1.807, 2.05) is 0 Å². The fourth-order valence-corrected chi connectivity index (χ4v) is 1.23. The molecule has 1 rings (SSSR count). The molecule has 66 valence electrons. The number of hydrogen-bond donors (Lipinski definition) is 5. The Labute approximate surface area is 64.3 Å². The molecule has 0 aromatic carbocycles. The SMILES string of the molecule is OCC[C@H]1NC(O)[C@H](O)[C@@H]1O. The number of rotatable bonds is 2. The molecular weight excluding hydrogens is 150 g/mol. The average Bonchev–Trinajstić information content (AvgIpc) is 2.19. The Balaban J connectivity index is 2.45. The quantitative estimate of drug-likeness (QED) is 0.307. The van der Waals surface area contributed by atoms with Crippen molar-refractivity contribution in [2.75, 3.05) is 6.61 Å². The van der Waals surface area contributed by atoms with Crippen molar-refractivity contribution in [3.8, 4) is 0 Å². The van der Waals surface area contributed by atoms with Gasteiger partial charge in [0.05, 0.1) is 6.10 Å². The van der Waals surface area contributed by atoms with Gasteiger partial charge in [-0.2, -0.15) is 0 Å². The Morgan fingerprint density at radius 2 is 1.73 bits per heavy atom. The van der Waals surface area contributed by atoms with Crippen LogP contribution in [0, 0.1) is 0 Å². The highest BCUT2D eigenvalue weighted by atomic mass is 16.4. The third-order valence-electron chi connectivity index (χ3n) is 1.91. The molecule has 0 radical (unpaired) electrons. The topological polar surface area (TPSA) is 93.0 Å². The molecule has 4 atom stereocenters. The molecule has 1 unspecified atom stereocenters. The van der Waals surface area contributed by atoms with Crippen molar-refractivity contribution < 1.29 is 20.4 Å². The lowest BCUT2D eigenvalue weighted by Crippen LogP contribution is -2.33. The molecule has 0 aliphatic carbocycles. The summed E-state index contributed by atoms with van der Waals surface area (Å²) in [5, 5.41) is 38.2. The van der Waals surface area contributed by atoms with Gasteiger partial charge in [0.15, 0.2) is 0 Å². The van der Waals surface area contributed by atoms with Crippen molar-refractivity contribution in [3.05, 3.63) is 0 Å². The summed E-state index contributed by atoms with van der Waals surface area (Å²) in [7, 11) is 0. The van der Waals surface area contributed by atoms with Gasteiger partial charge in [0, 0.05) is 12.6 Å². The third-order valence-corrected chi connectivity index (χ3v) is 1.91. The largest absolute Gasteiger partial charge is 0.396 e. The molecule has 1 fully saturated rings. The molecule has 0 bridgehead atoms. The van der Waals surface area contributed by atoms with E-state index in [2.05, 4.69) is 5.32 Å². The Morgan fingerprint density at radius 1 is 1.09 bits per heavy atom. The predicted octanol–water partition coefficient (Wildman–Crippen LogP) is -2.62. The van der Waals surface area contributed by atoms with E-state index in [1.54, 1.807) is 0 Å². The van der Waals surface area contributed by atoms with Gasteiger partial charge in [-0.1, -0.05) is 0 Å². The molecule has 0 aromatic rings. The molecular formula is C6H13NO4. The van der Waals surface area contributed by atoms with E-state index in [-0.39, 0.29) is 6.61 Å². The number of hydrogen-bond acceptors (Lipinski definition) is 5. The second-order valence-corrected chi connectivity index (χ2v) is 2.71. The summed E-state index contributed by atoms with van der Waals surface area (Å²) in [4.78, 5) is 0. The van der Waals surface area contributed by atoms with E-state index in [0.717, 1.165) is 0 Å². The van der Waals surface area contributed by atoms with Gasteiger partial charge >= 0.3 is 0 Å². The Morgan fingerprint density at radius 3 is 2.09 bits per heavy atom. The van der Waals surface area contributed by atoms with Crippen molar-refractivity contribution in [2.45, 2.75) is 30.9 Å². The maximum Gasteiger partial charge on any atom is 0.134 e. The van der Waals surface area contributed by atoms with E-state index in [4.69, 9.17) is 15.3 Å². The van der Waals surface area contributed by atoms with Crippen LogP contribution >= 0.6 is 0 Å². The number of nitrogens with one attached hydrogen (secondary N) is 1. The van der Waals surface area contributed by atoms with Gasteiger partial charge in [-0.25, -0.2) is 0 Å². The Hall–Kier alpha value is -0.200. The van der Waals surface area contributed by atoms with Crippen molar-refractivity contribution in [2.24, 2.45) is 0 Å². The van der Waals surface area contributed by atoms with Gasteiger partial charge in [0.1, 0.15) is 12.3 Å². The van der Waals surface area contributed by atoms with Crippen molar-refractivity contribution in [1.82, 2.24) is 5.32 Å². The summed E-state index contributed by atoms with van der Waals surface area (Å²) in [5.74, 6) is 0. The highest BCUT2D eigenvalue weighted by molar-refractivity contribution is 4.92. The minimum absolute atomic E-state index is 0.0752. The van der Waals surface area contributed by atoms with Crippen LogP contribution in [-0.2, 0) is 0 Å². The van der Waals surface area contributed by atoms with Gasteiger partial charge in [-0.3, -0.25) is 5.32 Å². The summed E-state index contributed by atoms with van der Waals surface area (Å²) >= 11 is 0. The van der Waals surface area contributed by atoms with E-state index in [1.165, 1.54) is 0 Å². The van der Waals surface area contributed by atoms with Crippen LogP contribution in [0.15, 0.2) is 0 Å². The smallest absolute Gasteiger partial charge is 0.134 e. The van der Waals surface area contributed by atoms with Crippen LogP contribution in [0.2, 0.25) is 0 Å². The van der Waals surface area contributed by atoms with Crippen molar-refractivity contribution in [3.63, 3.8) is 0 Å². The summed E-state index contributed by atoms with van der Waals surface area (Å²) < 4.78 is 0. The second-order valence-electron chi connectivity index (χ2n) is 2.71. The Bertz CT molecular complexity index is 132. The molecule has 0 amide bonds. The highest BCUT2D eigenvalue weighted by Crippen LogP contribution is 2.14. The summed E-state index contributed by atoms with van der Waals surface area (Å²) in [6, 6.07) is -0.412. The second kappa shape index (κ2) is 3.46.